The summed E-state index contributed by atoms with van der Waals surface area (Å²) in [5.74, 6) is -0.712. The van der Waals surface area contributed by atoms with Crippen LogP contribution < -0.4 is 15.8 Å². The lowest BCUT2D eigenvalue weighted by Gasteiger charge is -2.28. The van der Waals surface area contributed by atoms with Crippen molar-refractivity contribution in [2.75, 3.05) is 7.05 Å². The van der Waals surface area contributed by atoms with E-state index in [0.29, 0.717) is 6.42 Å². The van der Waals surface area contributed by atoms with Gasteiger partial charge in [0.1, 0.15) is 0 Å². The fraction of sp³-hybridized carbons (Fsp3) is 0.462. The van der Waals surface area contributed by atoms with Gasteiger partial charge in [-0.3, -0.25) is 4.79 Å². The highest BCUT2D eigenvalue weighted by atomic mass is 19.1. The lowest BCUT2D eigenvalue weighted by atomic mass is 9.94. The van der Waals surface area contributed by atoms with Gasteiger partial charge in [0, 0.05) is 6.42 Å². The molecule has 0 aliphatic heterocycles. The molecule has 2 unspecified atom stereocenters. The quantitative estimate of drug-likeness (QED) is 0.807. The van der Waals surface area contributed by atoms with Crippen LogP contribution in [-0.4, -0.2) is 24.6 Å². The van der Waals surface area contributed by atoms with Crippen LogP contribution in [0.5, 0.6) is 5.75 Å². The molecule has 0 fully saturated rings. The summed E-state index contributed by atoms with van der Waals surface area (Å²) in [5, 5.41) is 2.86. The Labute approximate surface area is 106 Å². The van der Waals surface area contributed by atoms with E-state index in [9.17, 15) is 9.18 Å². The van der Waals surface area contributed by atoms with Crippen molar-refractivity contribution >= 4 is 5.91 Å². The largest absolute Gasteiger partial charge is 0.488 e. The molecule has 0 saturated carbocycles. The molecule has 0 aliphatic carbocycles. The predicted octanol–water partition coefficient (Wildman–Crippen LogP) is 1.45. The number of nitrogens with one attached hydrogen (secondary N) is 1. The zero-order valence-corrected chi connectivity index (χ0v) is 10.9. The van der Waals surface area contributed by atoms with E-state index in [1.807, 2.05) is 0 Å². The molecule has 5 heteroatoms. The van der Waals surface area contributed by atoms with E-state index in [1.54, 1.807) is 39.1 Å². The second-order valence-electron chi connectivity index (χ2n) is 4.51. The minimum absolute atomic E-state index is 0.174. The van der Waals surface area contributed by atoms with E-state index in [0.717, 1.165) is 0 Å². The van der Waals surface area contributed by atoms with Crippen molar-refractivity contribution in [1.29, 1.82) is 0 Å². The molecule has 2 atom stereocenters. The van der Waals surface area contributed by atoms with Crippen LogP contribution >= 0.6 is 0 Å². The first-order chi connectivity index (χ1) is 8.39. The van der Waals surface area contributed by atoms with Gasteiger partial charge < -0.3 is 15.8 Å². The monoisotopic (exact) mass is 254 g/mol. The third-order valence-corrected chi connectivity index (χ3v) is 2.96. The summed E-state index contributed by atoms with van der Waals surface area (Å²) < 4.78 is 18.9. The maximum atomic E-state index is 13.4. The van der Waals surface area contributed by atoms with E-state index in [1.165, 1.54) is 6.07 Å². The standard InChI is InChI=1S/C13H19FN2O2/c1-9(8-13(2,16-3)12(15)17)18-11-7-5-4-6-10(11)14/h4-7,9,16H,8H2,1-3H3,(H2,15,17). The Balaban J connectivity index is 2.70. The third-order valence-electron chi connectivity index (χ3n) is 2.96. The van der Waals surface area contributed by atoms with Gasteiger partial charge in [-0.2, -0.15) is 0 Å². The Morgan fingerprint density at radius 3 is 2.67 bits per heavy atom. The van der Waals surface area contributed by atoms with Crippen LogP contribution in [0.3, 0.4) is 0 Å². The van der Waals surface area contributed by atoms with Gasteiger partial charge in [-0.1, -0.05) is 12.1 Å². The van der Waals surface area contributed by atoms with Crippen molar-refractivity contribution in [2.24, 2.45) is 5.73 Å². The summed E-state index contributed by atoms with van der Waals surface area (Å²) in [5.41, 5.74) is 4.45. The minimum atomic E-state index is -0.870. The summed E-state index contributed by atoms with van der Waals surface area (Å²) >= 11 is 0. The number of primary amides is 1. The van der Waals surface area contributed by atoms with Gasteiger partial charge in [0.2, 0.25) is 5.91 Å². The molecule has 0 bridgehead atoms. The van der Waals surface area contributed by atoms with Gasteiger partial charge in [0.25, 0.3) is 0 Å². The fourth-order valence-corrected chi connectivity index (χ4v) is 1.70. The summed E-state index contributed by atoms with van der Waals surface area (Å²) in [7, 11) is 1.65. The highest BCUT2D eigenvalue weighted by molar-refractivity contribution is 5.84. The third kappa shape index (κ3) is 3.43. The Morgan fingerprint density at radius 2 is 2.17 bits per heavy atom. The number of ether oxygens (including phenoxy) is 1. The lowest BCUT2D eigenvalue weighted by Crippen LogP contribution is -2.53. The van der Waals surface area contributed by atoms with Gasteiger partial charge in [-0.15, -0.1) is 0 Å². The molecular weight excluding hydrogens is 235 g/mol. The van der Waals surface area contributed by atoms with Crippen LogP contribution in [0.2, 0.25) is 0 Å². The van der Waals surface area contributed by atoms with Crippen LogP contribution in [0.4, 0.5) is 4.39 Å². The number of halogens is 1. The highest BCUT2D eigenvalue weighted by Gasteiger charge is 2.31. The molecule has 100 valence electrons. The maximum Gasteiger partial charge on any atom is 0.237 e. The van der Waals surface area contributed by atoms with Crippen LogP contribution in [0.25, 0.3) is 0 Å². The normalized spacial score (nSPS) is 15.8. The summed E-state index contributed by atoms with van der Waals surface area (Å²) in [6.45, 7) is 3.46. The smallest absolute Gasteiger partial charge is 0.237 e. The molecule has 1 rings (SSSR count). The maximum absolute atomic E-state index is 13.4. The Morgan fingerprint density at radius 1 is 1.56 bits per heavy atom. The van der Waals surface area contributed by atoms with E-state index < -0.39 is 17.3 Å². The molecule has 0 spiro atoms. The van der Waals surface area contributed by atoms with Gasteiger partial charge >= 0.3 is 0 Å². The van der Waals surface area contributed by atoms with Gasteiger partial charge in [0.05, 0.1) is 11.6 Å². The zero-order valence-electron chi connectivity index (χ0n) is 10.9. The topological polar surface area (TPSA) is 64.3 Å². The van der Waals surface area contributed by atoms with Crippen molar-refractivity contribution in [1.82, 2.24) is 5.32 Å². The number of nitrogens with two attached hydrogens (primary N) is 1. The van der Waals surface area contributed by atoms with Crippen LogP contribution in [0.15, 0.2) is 24.3 Å². The van der Waals surface area contributed by atoms with Crippen LogP contribution in [0, 0.1) is 5.82 Å². The predicted molar refractivity (Wildman–Crippen MR) is 67.8 cm³/mol. The van der Waals surface area contributed by atoms with Crippen molar-refractivity contribution in [3.05, 3.63) is 30.1 Å². The number of hydrogen-bond donors (Lipinski definition) is 2. The Hall–Kier alpha value is -1.62. The molecule has 1 aromatic carbocycles. The summed E-state index contributed by atoms with van der Waals surface area (Å²) in [4.78, 5) is 11.3. The second-order valence-corrected chi connectivity index (χ2v) is 4.51. The zero-order chi connectivity index (χ0) is 13.8. The first kappa shape index (κ1) is 14.4. The highest BCUT2D eigenvalue weighted by Crippen LogP contribution is 2.20. The number of carbonyl (C=O) groups excluding carboxylic acids is 1. The fourth-order valence-electron chi connectivity index (χ4n) is 1.70. The summed E-state index contributed by atoms with van der Waals surface area (Å²) in [6.07, 6.45) is 0.0135. The average Bonchev–Trinajstić information content (AvgIpc) is 2.31. The molecular formula is C13H19FN2O2. The minimum Gasteiger partial charge on any atom is -0.488 e. The molecule has 0 aromatic heterocycles. The molecule has 0 aliphatic rings. The molecule has 1 amide bonds. The van der Waals surface area contributed by atoms with E-state index >= 15 is 0 Å². The lowest BCUT2D eigenvalue weighted by molar-refractivity contribution is -0.124. The number of hydrogen-bond acceptors (Lipinski definition) is 3. The van der Waals surface area contributed by atoms with Crippen LogP contribution in [-0.2, 0) is 4.79 Å². The Bertz CT molecular complexity index is 425. The number of rotatable bonds is 6. The van der Waals surface area contributed by atoms with E-state index in [-0.39, 0.29) is 11.9 Å². The van der Waals surface area contributed by atoms with Gasteiger partial charge in [-0.25, -0.2) is 4.39 Å². The van der Waals surface area contributed by atoms with Crippen LogP contribution in [0.1, 0.15) is 20.3 Å². The van der Waals surface area contributed by atoms with Crippen molar-refractivity contribution in [3.8, 4) is 5.75 Å². The van der Waals surface area contributed by atoms with E-state index in [2.05, 4.69) is 5.32 Å². The molecule has 3 N–H and O–H groups in total. The number of para-hydroxylation sites is 1. The summed E-state index contributed by atoms with van der Waals surface area (Å²) in [6, 6.07) is 6.16. The average molecular weight is 254 g/mol. The van der Waals surface area contributed by atoms with Crippen molar-refractivity contribution in [3.63, 3.8) is 0 Å². The molecule has 4 nitrogen and oxygen atoms in total. The van der Waals surface area contributed by atoms with Crippen molar-refractivity contribution in [2.45, 2.75) is 31.9 Å². The molecule has 0 saturated heterocycles. The second kappa shape index (κ2) is 5.82. The number of benzene rings is 1. The number of amides is 1. The van der Waals surface area contributed by atoms with E-state index in [4.69, 9.17) is 10.5 Å². The first-order valence-electron chi connectivity index (χ1n) is 5.79. The van der Waals surface area contributed by atoms with Gasteiger partial charge in [0.15, 0.2) is 11.6 Å². The number of carbonyl (C=O) groups is 1. The molecule has 0 heterocycles. The number of likely N-dealkylation sites (N-methyl/N-ethyl adjacent to an activating group) is 1. The first-order valence-corrected chi connectivity index (χ1v) is 5.79. The molecule has 1 aromatic rings. The van der Waals surface area contributed by atoms with Crippen molar-refractivity contribution < 1.29 is 13.9 Å². The molecule has 0 radical (unpaired) electrons. The SMILES string of the molecule is CNC(C)(CC(C)Oc1ccccc1F)C(N)=O. The Kier molecular flexibility index (Phi) is 4.67. The molecule has 18 heavy (non-hydrogen) atoms. The van der Waals surface area contributed by atoms with Gasteiger partial charge in [-0.05, 0) is 33.0 Å².